The molecule has 1 aromatic rings. The van der Waals surface area contributed by atoms with E-state index in [1.165, 1.54) is 38.5 Å². The zero-order valence-electron chi connectivity index (χ0n) is 16.3. The Morgan fingerprint density at radius 2 is 1.74 bits per heavy atom. The first-order valence-electron chi connectivity index (χ1n) is 10.0. The molecule has 0 aliphatic heterocycles. The highest BCUT2D eigenvalue weighted by Gasteiger charge is 2.51. The predicted octanol–water partition coefficient (Wildman–Crippen LogP) is 4.09. The Bertz CT molecular complexity index is 707. The van der Waals surface area contributed by atoms with Gasteiger partial charge in [0.05, 0.1) is 19.2 Å². The van der Waals surface area contributed by atoms with Crippen molar-refractivity contribution < 1.29 is 19.1 Å². The smallest absolute Gasteiger partial charge is 0.306 e. The highest BCUT2D eigenvalue weighted by molar-refractivity contribution is 5.94. The van der Waals surface area contributed by atoms with Gasteiger partial charge >= 0.3 is 5.97 Å². The van der Waals surface area contributed by atoms with E-state index in [0.717, 1.165) is 23.3 Å². The van der Waals surface area contributed by atoms with Gasteiger partial charge in [-0.3, -0.25) is 9.59 Å². The van der Waals surface area contributed by atoms with Crippen LogP contribution < -0.4 is 10.1 Å². The third-order valence-corrected chi connectivity index (χ3v) is 6.68. The van der Waals surface area contributed by atoms with Crippen LogP contribution in [0, 0.1) is 30.1 Å². The summed E-state index contributed by atoms with van der Waals surface area (Å²) in [5, 5.41) is 2.78. The molecule has 1 amide bonds. The van der Waals surface area contributed by atoms with Crippen LogP contribution in [0.4, 0.5) is 5.69 Å². The summed E-state index contributed by atoms with van der Waals surface area (Å²) in [6, 6.07) is 5.57. The average Bonchev–Trinajstić information content (AvgIpc) is 2.58. The first-order valence-corrected chi connectivity index (χ1v) is 10.0. The van der Waals surface area contributed by atoms with Crippen molar-refractivity contribution in [2.75, 3.05) is 19.0 Å². The number of methoxy groups -OCH3 is 1. The summed E-state index contributed by atoms with van der Waals surface area (Å²) in [6.07, 6.45) is 8.04. The second-order valence-electron chi connectivity index (χ2n) is 9.01. The summed E-state index contributed by atoms with van der Waals surface area (Å²) in [6.45, 7) is 1.70. The Hall–Kier alpha value is -2.04. The van der Waals surface area contributed by atoms with E-state index in [4.69, 9.17) is 9.47 Å². The lowest BCUT2D eigenvalue weighted by molar-refractivity contribution is -0.154. The molecule has 5 heteroatoms. The van der Waals surface area contributed by atoms with Crippen LogP contribution in [0.2, 0.25) is 0 Å². The Labute approximate surface area is 160 Å². The maximum Gasteiger partial charge on any atom is 0.306 e. The summed E-state index contributed by atoms with van der Waals surface area (Å²) in [7, 11) is 1.56. The van der Waals surface area contributed by atoms with Gasteiger partial charge in [0.1, 0.15) is 5.75 Å². The van der Waals surface area contributed by atoms with Crippen LogP contribution in [-0.4, -0.2) is 25.6 Å². The van der Waals surface area contributed by atoms with Crippen LogP contribution >= 0.6 is 0 Å². The predicted molar refractivity (Wildman–Crippen MR) is 103 cm³/mol. The zero-order valence-corrected chi connectivity index (χ0v) is 16.3. The van der Waals surface area contributed by atoms with Crippen molar-refractivity contribution in [2.24, 2.45) is 23.2 Å². The van der Waals surface area contributed by atoms with Crippen molar-refractivity contribution in [1.29, 1.82) is 0 Å². The lowest BCUT2D eigenvalue weighted by Crippen LogP contribution is -2.47. The highest BCUT2D eigenvalue weighted by atomic mass is 16.5. The van der Waals surface area contributed by atoms with Gasteiger partial charge in [-0.1, -0.05) is 6.07 Å². The number of amides is 1. The van der Waals surface area contributed by atoms with E-state index in [0.29, 0.717) is 17.9 Å². The van der Waals surface area contributed by atoms with Crippen LogP contribution in [0.1, 0.15) is 50.5 Å². The number of anilines is 1. The molecular formula is C22H29NO4. The van der Waals surface area contributed by atoms with Crippen LogP contribution in [0.3, 0.4) is 0 Å². The van der Waals surface area contributed by atoms with Gasteiger partial charge in [-0.2, -0.15) is 0 Å². The Kier molecular flexibility index (Phi) is 4.87. The average molecular weight is 371 g/mol. The summed E-state index contributed by atoms with van der Waals surface area (Å²) in [5.41, 5.74) is 1.76. The van der Waals surface area contributed by atoms with Gasteiger partial charge < -0.3 is 14.8 Å². The van der Waals surface area contributed by atoms with Gasteiger partial charge in [0.2, 0.25) is 0 Å². The van der Waals surface area contributed by atoms with E-state index >= 15 is 0 Å². The number of hydrogen-bond acceptors (Lipinski definition) is 4. The van der Waals surface area contributed by atoms with Crippen molar-refractivity contribution in [2.45, 2.75) is 51.9 Å². The number of ether oxygens (including phenoxy) is 2. The number of benzene rings is 1. The minimum absolute atomic E-state index is 0.141. The van der Waals surface area contributed by atoms with Crippen molar-refractivity contribution in [3.8, 4) is 5.75 Å². The van der Waals surface area contributed by atoms with Gasteiger partial charge in [-0.25, -0.2) is 0 Å². The molecule has 27 heavy (non-hydrogen) atoms. The summed E-state index contributed by atoms with van der Waals surface area (Å²) in [4.78, 5) is 24.7. The van der Waals surface area contributed by atoms with Gasteiger partial charge in [-0.05, 0) is 86.3 Å². The highest BCUT2D eigenvalue weighted by Crippen LogP contribution is 2.61. The number of hydrogen-bond donors (Lipinski definition) is 1. The number of rotatable bonds is 6. The number of nitrogens with one attached hydrogen (secondary N) is 1. The third-order valence-electron chi connectivity index (χ3n) is 6.68. The maximum atomic E-state index is 12.4. The molecule has 1 aromatic carbocycles. The molecule has 5 rings (SSSR count). The van der Waals surface area contributed by atoms with E-state index in [-0.39, 0.29) is 23.9 Å². The monoisotopic (exact) mass is 371 g/mol. The SMILES string of the molecule is COc1ccc(C)cc1NC(=O)COC(=O)CC12CC3CC(CC(C3)C1)C2. The van der Waals surface area contributed by atoms with Crippen molar-refractivity contribution in [3.63, 3.8) is 0 Å². The molecular weight excluding hydrogens is 342 g/mol. The summed E-state index contributed by atoms with van der Waals surface area (Å²) < 4.78 is 10.6. The fraction of sp³-hybridized carbons (Fsp3) is 0.636. The van der Waals surface area contributed by atoms with Crippen LogP contribution in [0.5, 0.6) is 5.75 Å². The van der Waals surface area contributed by atoms with Crippen LogP contribution in [-0.2, 0) is 14.3 Å². The van der Waals surface area contributed by atoms with Crippen LogP contribution in [0.15, 0.2) is 18.2 Å². The molecule has 0 spiro atoms. The normalized spacial score (nSPS) is 30.8. The number of carbonyl (C=O) groups excluding carboxylic acids is 2. The minimum atomic E-state index is -0.335. The number of esters is 1. The van der Waals surface area contributed by atoms with Crippen molar-refractivity contribution in [1.82, 2.24) is 0 Å². The van der Waals surface area contributed by atoms with Gasteiger partial charge in [-0.15, -0.1) is 0 Å². The molecule has 4 saturated carbocycles. The van der Waals surface area contributed by atoms with Gasteiger partial charge in [0.25, 0.3) is 5.91 Å². The summed E-state index contributed by atoms with van der Waals surface area (Å²) >= 11 is 0. The fourth-order valence-corrected chi connectivity index (χ4v) is 6.12. The van der Waals surface area contributed by atoms with Crippen LogP contribution in [0.25, 0.3) is 0 Å². The third kappa shape index (κ3) is 3.97. The number of carbonyl (C=O) groups is 2. The van der Waals surface area contributed by atoms with E-state index in [2.05, 4.69) is 5.32 Å². The Morgan fingerprint density at radius 3 is 2.33 bits per heavy atom. The first kappa shape index (κ1) is 18.3. The molecule has 1 N–H and O–H groups in total. The molecule has 4 aliphatic rings. The molecule has 146 valence electrons. The molecule has 4 aliphatic carbocycles. The minimum Gasteiger partial charge on any atom is -0.495 e. The molecule has 0 heterocycles. The van der Waals surface area contributed by atoms with Gasteiger partial charge in [0.15, 0.2) is 6.61 Å². The largest absolute Gasteiger partial charge is 0.495 e. The Morgan fingerprint density at radius 1 is 1.11 bits per heavy atom. The fourth-order valence-electron chi connectivity index (χ4n) is 6.12. The molecule has 4 bridgehead atoms. The second kappa shape index (κ2) is 7.17. The van der Waals surface area contributed by atoms with Gasteiger partial charge in [0, 0.05) is 0 Å². The lowest BCUT2D eigenvalue weighted by atomic mass is 9.49. The standard InChI is InChI=1S/C22H29NO4/c1-14-3-4-19(26-2)18(5-14)23-20(24)13-27-21(25)12-22-9-15-6-16(10-22)8-17(7-15)11-22/h3-5,15-17H,6-13H2,1-2H3,(H,23,24). The zero-order chi connectivity index (χ0) is 19.0. The van der Waals surface area contributed by atoms with E-state index in [9.17, 15) is 9.59 Å². The van der Waals surface area contributed by atoms with E-state index < -0.39 is 0 Å². The second-order valence-corrected chi connectivity index (χ2v) is 9.01. The van der Waals surface area contributed by atoms with E-state index in [1.54, 1.807) is 7.11 Å². The molecule has 0 saturated heterocycles. The lowest BCUT2D eigenvalue weighted by Gasteiger charge is -2.56. The molecule has 4 fully saturated rings. The molecule has 0 atom stereocenters. The summed E-state index contributed by atoms with van der Waals surface area (Å²) in [5.74, 6) is 2.44. The topological polar surface area (TPSA) is 64.6 Å². The molecule has 0 radical (unpaired) electrons. The quantitative estimate of drug-likeness (QED) is 0.765. The van der Waals surface area contributed by atoms with E-state index in [1.807, 2.05) is 25.1 Å². The van der Waals surface area contributed by atoms with Crippen molar-refractivity contribution >= 4 is 17.6 Å². The molecule has 0 unspecified atom stereocenters. The van der Waals surface area contributed by atoms with Crippen molar-refractivity contribution in [3.05, 3.63) is 23.8 Å². The Balaban J connectivity index is 1.29. The molecule has 5 nitrogen and oxygen atoms in total. The maximum absolute atomic E-state index is 12.4. The molecule has 0 aromatic heterocycles. The first-order chi connectivity index (χ1) is 12.9. The number of aryl methyl sites for hydroxylation is 1.